The molecule has 1 rings (SSSR count). The van der Waals surface area contributed by atoms with Crippen molar-refractivity contribution in [3.8, 4) is 0 Å². The normalized spacial score (nSPS) is 8.55. The maximum Gasteiger partial charge on any atom is 1.00 e. The molecule has 0 saturated carbocycles. The predicted octanol–water partition coefficient (Wildman–Crippen LogP) is 0.0431. The first-order valence-electron chi connectivity index (χ1n) is 3.72. The molecule has 54 valence electrons. The summed E-state index contributed by atoms with van der Waals surface area (Å²) >= 11 is 0. The molecule has 0 amide bonds. The Kier molecular flexibility index (Phi) is 5.20. The van der Waals surface area contributed by atoms with Crippen LogP contribution in [0.5, 0.6) is 0 Å². The van der Waals surface area contributed by atoms with Gasteiger partial charge in [0.15, 0.2) is 0 Å². The van der Waals surface area contributed by atoms with Gasteiger partial charge in [0.1, 0.15) is 0 Å². The van der Waals surface area contributed by atoms with Gasteiger partial charge in [-0.1, -0.05) is 26.3 Å². The van der Waals surface area contributed by atoms with Gasteiger partial charge in [0, 0.05) is 0 Å². The van der Waals surface area contributed by atoms with Crippen LogP contribution < -0.4 is 18.9 Å². The summed E-state index contributed by atoms with van der Waals surface area (Å²) in [5.74, 6) is 1.46. The second-order valence-corrected chi connectivity index (χ2v) is 2.50. The molecule has 0 heterocycles. The monoisotopic (exact) mass is 140 g/mol. The van der Waals surface area contributed by atoms with Crippen LogP contribution in [0.4, 0.5) is 0 Å². The van der Waals surface area contributed by atoms with Gasteiger partial charge >= 0.3 is 18.9 Å². The molecule has 1 aromatic carbocycles. The predicted molar refractivity (Wildman–Crippen MR) is 44.8 cm³/mol. The molecular formula is C10H13Li. The van der Waals surface area contributed by atoms with E-state index in [-0.39, 0.29) is 18.9 Å². The van der Waals surface area contributed by atoms with Gasteiger partial charge in [0.25, 0.3) is 0 Å². The van der Waals surface area contributed by atoms with Crippen LogP contribution in [0.15, 0.2) is 30.3 Å². The number of rotatable bonds is 2. The van der Waals surface area contributed by atoms with Gasteiger partial charge in [-0.3, -0.25) is 0 Å². The third kappa shape index (κ3) is 3.06. The second kappa shape index (κ2) is 5.35. The smallest absolute Gasteiger partial charge is 0.189 e. The molecule has 0 radical (unpaired) electrons. The third-order valence-corrected chi connectivity index (χ3v) is 1.80. The van der Waals surface area contributed by atoms with Crippen molar-refractivity contribution in [2.45, 2.75) is 20.3 Å². The Hall–Kier alpha value is -0.313. The molecular weight excluding hydrogens is 127 g/mol. The fourth-order valence-corrected chi connectivity index (χ4v) is 0.927. The summed E-state index contributed by atoms with van der Waals surface area (Å²) in [5.41, 5.74) is 1.37. The summed E-state index contributed by atoms with van der Waals surface area (Å²) in [4.78, 5) is 0. The molecule has 11 heavy (non-hydrogen) atoms. The standard InChI is InChI=1S/C10H13.Li/c1-3-9(2)10-7-5-4-6-8-10;/h4-8H,3H2,1-2H3;/q-1;+1. The van der Waals surface area contributed by atoms with Crippen molar-refractivity contribution in [2.24, 2.45) is 0 Å². The Morgan fingerprint density at radius 2 is 1.73 bits per heavy atom. The van der Waals surface area contributed by atoms with Crippen LogP contribution in [-0.2, 0) is 0 Å². The maximum absolute atomic E-state index is 2.18. The summed E-state index contributed by atoms with van der Waals surface area (Å²) in [5, 5.41) is 0. The average molecular weight is 140 g/mol. The van der Waals surface area contributed by atoms with E-state index in [0.717, 1.165) is 6.42 Å². The van der Waals surface area contributed by atoms with Gasteiger partial charge in [-0.05, 0) is 0 Å². The fraction of sp³-hybridized carbons (Fsp3) is 0.300. The van der Waals surface area contributed by atoms with Gasteiger partial charge in [0.2, 0.25) is 0 Å². The summed E-state index contributed by atoms with van der Waals surface area (Å²) < 4.78 is 0. The minimum Gasteiger partial charge on any atom is -0.189 e. The molecule has 0 aromatic heterocycles. The van der Waals surface area contributed by atoms with E-state index >= 15 is 0 Å². The molecule has 0 N–H and O–H groups in total. The van der Waals surface area contributed by atoms with E-state index in [1.807, 2.05) is 6.07 Å². The number of hydrogen-bond acceptors (Lipinski definition) is 0. The molecule has 1 aromatic rings. The van der Waals surface area contributed by atoms with E-state index in [2.05, 4.69) is 38.1 Å². The first-order valence-corrected chi connectivity index (χ1v) is 3.72. The minimum absolute atomic E-state index is 0. The van der Waals surface area contributed by atoms with E-state index in [4.69, 9.17) is 0 Å². The molecule has 0 spiro atoms. The molecule has 0 fully saturated rings. The van der Waals surface area contributed by atoms with Crippen LogP contribution in [0.2, 0.25) is 0 Å². The van der Waals surface area contributed by atoms with Gasteiger partial charge in [-0.25, -0.2) is 0 Å². The van der Waals surface area contributed by atoms with Crippen LogP contribution in [0.25, 0.3) is 0 Å². The molecule has 0 bridgehead atoms. The van der Waals surface area contributed by atoms with Gasteiger partial charge in [0.05, 0.1) is 0 Å². The Morgan fingerprint density at radius 3 is 2.18 bits per heavy atom. The Labute approximate surface area is 81.2 Å². The first kappa shape index (κ1) is 10.7. The summed E-state index contributed by atoms with van der Waals surface area (Å²) in [6.45, 7) is 4.36. The van der Waals surface area contributed by atoms with Gasteiger partial charge < -0.3 is 0 Å². The zero-order valence-electron chi connectivity index (χ0n) is 7.59. The SMILES string of the molecule is CC[C-](C)c1ccccc1.[Li+]. The van der Waals surface area contributed by atoms with E-state index < -0.39 is 0 Å². The van der Waals surface area contributed by atoms with Crippen LogP contribution in [-0.4, -0.2) is 0 Å². The van der Waals surface area contributed by atoms with E-state index in [1.165, 1.54) is 11.5 Å². The molecule has 0 atom stereocenters. The Morgan fingerprint density at radius 1 is 1.18 bits per heavy atom. The zero-order chi connectivity index (χ0) is 7.40. The topological polar surface area (TPSA) is 0 Å². The largest absolute Gasteiger partial charge is 1.00 e. The van der Waals surface area contributed by atoms with Crippen molar-refractivity contribution >= 4 is 0 Å². The van der Waals surface area contributed by atoms with Crippen LogP contribution in [0, 0.1) is 5.92 Å². The summed E-state index contributed by atoms with van der Waals surface area (Å²) in [6, 6.07) is 10.5. The van der Waals surface area contributed by atoms with Crippen LogP contribution in [0.1, 0.15) is 25.8 Å². The maximum atomic E-state index is 2.18. The number of benzene rings is 1. The van der Waals surface area contributed by atoms with Crippen molar-refractivity contribution < 1.29 is 18.9 Å². The van der Waals surface area contributed by atoms with Gasteiger partial charge in [-0.15, -0.1) is 12.1 Å². The van der Waals surface area contributed by atoms with Crippen molar-refractivity contribution in [2.75, 3.05) is 0 Å². The molecule has 0 aliphatic rings. The fourth-order valence-electron chi connectivity index (χ4n) is 0.927. The molecule has 0 saturated heterocycles. The van der Waals surface area contributed by atoms with E-state index in [0.29, 0.717) is 0 Å². The third-order valence-electron chi connectivity index (χ3n) is 1.80. The Bertz CT molecular complexity index is 181. The molecule has 0 aliphatic heterocycles. The quantitative estimate of drug-likeness (QED) is 0.402. The zero-order valence-corrected chi connectivity index (χ0v) is 7.59. The van der Waals surface area contributed by atoms with Crippen molar-refractivity contribution in [3.63, 3.8) is 0 Å². The summed E-state index contributed by atoms with van der Waals surface area (Å²) in [6.07, 6.45) is 1.14. The van der Waals surface area contributed by atoms with Crippen molar-refractivity contribution in [1.82, 2.24) is 0 Å². The van der Waals surface area contributed by atoms with Crippen LogP contribution in [0.3, 0.4) is 0 Å². The van der Waals surface area contributed by atoms with E-state index in [1.54, 1.807) is 0 Å². The molecule has 0 unspecified atom stereocenters. The van der Waals surface area contributed by atoms with Gasteiger partial charge in [-0.2, -0.15) is 23.6 Å². The van der Waals surface area contributed by atoms with Crippen molar-refractivity contribution in [1.29, 1.82) is 0 Å². The molecule has 0 nitrogen and oxygen atoms in total. The Balaban J connectivity index is 0.000001000. The van der Waals surface area contributed by atoms with E-state index in [9.17, 15) is 0 Å². The second-order valence-electron chi connectivity index (χ2n) is 2.50. The first-order chi connectivity index (χ1) is 4.84. The minimum atomic E-state index is 0. The molecule has 1 heteroatoms. The average Bonchev–Trinajstić information content (AvgIpc) is 2.05. The summed E-state index contributed by atoms with van der Waals surface area (Å²) in [7, 11) is 0. The number of hydrogen-bond donors (Lipinski definition) is 0. The van der Waals surface area contributed by atoms with Crippen LogP contribution >= 0.6 is 0 Å². The molecule has 0 aliphatic carbocycles. The van der Waals surface area contributed by atoms with Crippen molar-refractivity contribution in [3.05, 3.63) is 41.8 Å².